The van der Waals surface area contributed by atoms with Crippen LogP contribution in [0, 0.1) is 12.8 Å². The number of amides is 1. The van der Waals surface area contributed by atoms with Crippen LogP contribution in [0.3, 0.4) is 0 Å². The lowest BCUT2D eigenvalue weighted by atomic mass is 9.97. The maximum atomic E-state index is 12.6. The fourth-order valence-corrected chi connectivity index (χ4v) is 3.93. The van der Waals surface area contributed by atoms with Crippen LogP contribution in [0.1, 0.15) is 30.1 Å². The highest BCUT2D eigenvalue weighted by Crippen LogP contribution is 2.23. The molecule has 1 aliphatic rings. The van der Waals surface area contributed by atoms with Gasteiger partial charge in [0.1, 0.15) is 0 Å². The standard InChI is InChI=1S/C17H22N4O4S/c1-12-18-16(25-20-12)11-14-5-3-4-6-15(14)19-17(22)13-7-9-21(10-8-13)26(2,23)24/h3-6,13H,7-11H2,1-2H3,(H,19,22). The number of sulfonamides is 1. The first-order valence-electron chi connectivity index (χ1n) is 8.46. The molecule has 1 aromatic heterocycles. The van der Waals surface area contributed by atoms with E-state index >= 15 is 0 Å². The largest absolute Gasteiger partial charge is 0.339 e. The monoisotopic (exact) mass is 378 g/mol. The molecule has 9 heteroatoms. The molecular formula is C17H22N4O4S. The highest BCUT2D eigenvalue weighted by molar-refractivity contribution is 7.88. The van der Waals surface area contributed by atoms with E-state index in [-0.39, 0.29) is 11.8 Å². The Bertz CT molecular complexity index is 886. The summed E-state index contributed by atoms with van der Waals surface area (Å²) < 4.78 is 29.7. The van der Waals surface area contributed by atoms with Crippen molar-refractivity contribution in [2.75, 3.05) is 24.7 Å². The lowest BCUT2D eigenvalue weighted by Gasteiger charge is -2.29. The number of nitrogens with zero attached hydrogens (tertiary/aromatic N) is 3. The summed E-state index contributed by atoms with van der Waals surface area (Å²) in [4.78, 5) is 16.8. The lowest BCUT2D eigenvalue weighted by Crippen LogP contribution is -2.40. The summed E-state index contributed by atoms with van der Waals surface area (Å²) in [5, 5.41) is 6.74. The fourth-order valence-electron chi connectivity index (χ4n) is 3.06. The van der Waals surface area contributed by atoms with Crippen molar-refractivity contribution >= 4 is 21.6 Å². The first kappa shape index (κ1) is 18.5. The minimum absolute atomic E-state index is 0.0905. The number of aromatic nitrogens is 2. The van der Waals surface area contributed by atoms with Crippen molar-refractivity contribution in [1.29, 1.82) is 0 Å². The number of hydrogen-bond acceptors (Lipinski definition) is 6. The van der Waals surface area contributed by atoms with Crippen LogP contribution in [0.2, 0.25) is 0 Å². The normalized spacial score (nSPS) is 16.5. The van der Waals surface area contributed by atoms with E-state index in [0.29, 0.717) is 49.8 Å². The molecule has 1 saturated heterocycles. The molecular weight excluding hydrogens is 356 g/mol. The maximum Gasteiger partial charge on any atom is 0.231 e. The molecule has 0 spiro atoms. The Balaban J connectivity index is 1.65. The first-order valence-corrected chi connectivity index (χ1v) is 10.3. The van der Waals surface area contributed by atoms with Crippen molar-refractivity contribution in [1.82, 2.24) is 14.4 Å². The van der Waals surface area contributed by atoms with E-state index in [2.05, 4.69) is 15.5 Å². The van der Waals surface area contributed by atoms with E-state index in [1.54, 1.807) is 6.92 Å². The number of hydrogen-bond donors (Lipinski definition) is 1. The summed E-state index contributed by atoms with van der Waals surface area (Å²) >= 11 is 0. The third kappa shape index (κ3) is 4.47. The molecule has 1 fully saturated rings. The SMILES string of the molecule is Cc1noc(Cc2ccccc2NC(=O)C2CCN(S(C)(=O)=O)CC2)n1. The molecule has 2 heterocycles. The summed E-state index contributed by atoms with van der Waals surface area (Å²) in [7, 11) is -3.19. The van der Waals surface area contributed by atoms with Gasteiger partial charge in [-0.2, -0.15) is 4.98 Å². The van der Waals surface area contributed by atoms with Gasteiger partial charge in [-0.15, -0.1) is 0 Å². The third-order valence-corrected chi connectivity index (χ3v) is 5.78. The maximum absolute atomic E-state index is 12.6. The average molecular weight is 378 g/mol. The second-order valence-corrected chi connectivity index (χ2v) is 8.48. The Hall–Kier alpha value is -2.26. The molecule has 0 atom stereocenters. The van der Waals surface area contributed by atoms with E-state index in [9.17, 15) is 13.2 Å². The average Bonchev–Trinajstić information content (AvgIpc) is 3.01. The number of carbonyl (C=O) groups excluding carboxylic acids is 1. The zero-order valence-electron chi connectivity index (χ0n) is 14.8. The third-order valence-electron chi connectivity index (χ3n) is 4.48. The molecule has 0 saturated carbocycles. The smallest absolute Gasteiger partial charge is 0.231 e. The molecule has 1 amide bonds. The second kappa shape index (κ2) is 7.55. The quantitative estimate of drug-likeness (QED) is 0.847. The molecule has 0 aliphatic carbocycles. The van der Waals surface area contributed by atoms with E-state index in [4.69, 9.17) is 4.52 Å². The van der Waals surface area contributed by atoms with Gasteiger partial charge in [0.05, 0.1) is 12.7 Å². The molecule has 1 aromatic carbocycles. The Morgan fingerprint density at radius 2 is 2.00 bits per heavy atom. The number of para-hydroxylation sites is 1. The van der Waals surface area contributed by atoms with E-state index in [1.807, 2.05) is 24.3 Å². The number of anilines is 1. The molecule has 140 valence electrons. The van der Waals surface area contributed by atoms with Crippen molar-refractivity contribution in [3.63, 3.8) is 0 Å². The van der Waals surface area contributed by atoms with Gasteiger partial charge in [-0.1, -0.05) is 23.4 Å². The van der Waals surface area contributed by atoms with Crippen LogP contribution < -0.4 is 5.32 Å². The number of carbonyl (C=O) groups is 1. The minimum Gasteiger partial charge on any atom is -0.339 e. The Kier molecular flexibility index (Phi) is 5.38. The molecule has 8 nitrogen and oxygen atoms in total. The van der Waals surface area contributed by atoms with Crippen molar-refractivity contribution in [3.8, 4) is 0 Å². The summed E-state index contributed by atoms with van der Waals surface area (Å²) in [5.41, 5.74) is 1.59. The first-order chi connectivity index (χ1) is 12.3. The van der Waals surface area contributed by atoms with Gasteiger partial charge in [-0.05, 0) is 31.4 Å². The molecule has 1 N–H and O–H groups in total. The number of nitrogens with one attached hydrogen (secondary N) is 1. The summed E-state index contributed by atoms with van der Waals surface area (Å²) in [6.07, 6.45) is 2.67. The number of rotatable bonds is 5. The van der Waals surface area contributed by atoms with Gasteiger partial charge < -0.3 is 9.84 Å². The predicted molar refractivity (Wildman–Crippen MR) is 96.1 cm³/mol. The van der Waals surface area contributed by atoms with Crippen molar-refractivity contribution in [3.05, 3.63) is 41.5 Å². The Morgan fingerprint density at radius 1 is 1.31 bits per heavy atom. The zero-order chi connectivity index (χ0) is 18.7. The van der Waals surface area contributed by atoms with Gasteiger partial charge in [0.15, 0.2) is 5.82 Å². The van der Waals surface area contributed by atoms with Gasteiger partial charge in [0.2, 0.25) is 21.8 Å². The van der Waals surface area contributed by atoms with E-state index in [1.165, 1.54) is 10.6 Å². The Morgan fingerprint density at radius 3 is 2.62 bits per heavy atom. The molecule has 0 unspecified atom stereocenters. The summed E-state index contributed by atoms with van der Waals surface area (Å²) in [6.45, 7) is 2.50. The van der Waals surface area contributed by atoms with Gasteiger partial charge in [0, 0.05) is 24.7 Å². The lowest BCUT2D eigenvalue weighted by molar-refractivity contribution is -0.120. The highest BCUT2D eigenvalue weighted by Gasteiger charge is 2.29. The molecule has 3 rings (SSSR count). The van der Waals surface area contributed by atoms with Crippen LogP contribution >= 0.6 is 0 Å². The van der Waals surface area contributed by atoms with Crippen LogP contribution in [0.15, 0.2) is 28.8 Å². The van der Waals surface area contributed by atoms with Crippen LogP contribution in [0.5, 0.6) is 0 Å². The highest BCUT2D eigenvalue weighted by atomic mass is 32.2. The molecule has 26 heavy (non-hydrogen) atoms. The predicted octanol–water partition coefficient (Wildman–Crippen LogP) is 1.58. The van der Waals surface area contributed by atoms with Gasteiger partial charge in [-0.3, -0.25) is 4.79 Å². The molecule has 0 radical (unpaired) electrons. The second-order valence-electron chi connectivity index (χ2n) is 6.49. The summed E-state index contributed by atoms with van der Waals surface area (Å²) in [5.74, 6) is 0.767. The molecule has 2 aromatic rings. The number of benzene rings is 1. The van der Waals surface area contributed by atoms with Gasteiger partial charge in [0.25, 0.3) is 0 Å². The van der Waals surface area contributed by atoms with Gasteiger partial charge >= 0.3 is 0 Å². The molecule has 0 bridgehead atoms. The minimum atomic E-state index is -3.19. The molecule has 1 aliphatic heterocycles. The van der Waals surface area contributed by atoms with E-state index < -0.39 is 10.0 Å². The van der Waals surface area contributed by atoms with Crippen molar-refractivity contribution in [2.45, 2.75) is 26.2 Å². The van der Waals surface area contributed by atoms with E-state index in [0.717, 1.165) is 5.56 Å². The van der Waals surface area contributed by atoms with Crippen molar-refractivity contribution < 1.29 is 17.7 Å². The topological polar surface area (TPSA) is 105 Å². The Labute approximate surface area is 152 Å². The van der Waals surface area contributed by atoms with Crippen LogP contribution in [-0.2, 0) is 21.2 Å². The van der Waals surface area contributed by atoms with Crippen LogP contribution in [-0.4, -0.2) is 48.1 Å². The van der Waals surface area contributed by atoms with Crippen molar-refractivity contribution in [2.24, 2.45) is 5.92 Å². The number of piperidine rings is 1. The number of aryl methyl sites for hydroxylation is 1. The van der Waals surface area contributed by atoms with Crippen LogP contribution in [0.25, 0.3) is 0 Å². The van der Waals surface area contributed by atoms with Gasteiger partial charge in [-0.25, -0.2) is 12.7 Å². The zero-order valence-corrected chi connectivity index (χ0v) is 15.6. The summed E-state index contributed by atoms with van der Waals surface area (Å²) in [6, 6.07) is 7.48. The fraction of sp³-hybridized carbons (Fsp3) is 0.471. The van der Waals surface area contributed by atoms with Crippen LogP contribution in [0.4, 0.5) is 5.69 Å².